The number of benzene rings is 2. The van der Waals surface area contributed by atoms with E-state index in [0.717, 1.165) is 4.90 Å². The normalized spacial score (nSPS) is 10.7. The molecular formula is C12H7Cl3FNS. The molecule has 0 aliphatic carbocycles. The van der Waals surface area contributed by atoms with Crippen molar-refractivity contribution in [3.8, 4) is 0 Å². The Bertz CT molecular complexity index is 604. The van der Waals surface area contributed by atoms with Gasteiger partial charge in [0.2, 0.25) is 0 Å². The summed E-state index contributed by atoms with van der Waals surface area (Å²) < 4.78 is 13.4. The third-order valence-electron chi connectivity index (χ3n) is 2.17. The molecule has 0 aromatic heterocycles. The lowest BCUT2D eigenvalue weighted by Crippen LogP contribution is -1.90. The van der Waals surface area contributed by atoms with E-state index < -0.39 is 5.82 Å². The summed E-state index contributed by atoms with van der Waals surface area (Å²) in [7, 11) is 0. The summed E-state index contributed by atoms with van der Waals surface area (Å²) in [6, 6.07) is 7.83. The minimum atomic E-state index is -0.506. The van der Waals surface area contributed by atoms with Crippen LogP contribution in [0.1, 0.15) is 0 Å². The van der Waals surface area contributed by atoms with Gasteiger partial charge in [-0.25, -0.2) is 4.39 Å². The van der Waals surface area contributed by atoms with E-state index in [1.165, 1.54) is 23.9 Å². The molecule has 0 aliphatic rings. The van der Waals surface area contributed by atoms with Crippen molar-refractivity contribution in [2.24, 2.45) is 0 Å². The van der Waals surface area contributed by atoms with Gasteiger partial charge in [0, 0.05) is 15.5 Å². The molecular weight excluding hydrogens is 316 g/mol. The van der Waals surface area contributed by atoms with Crippen molar-refractivity contribution in [3.63, 3.8) is 0 Å². The van der Waals surface area contributed by atoms with Gasteiger partial charge in [-0.3, -0.25) is 0 Å². The Morgan fingerprint density at radius 2 is 1.67 bits per heavy atom. The summed E-state index contributed by atoms with van der Waals surface area (Å²) in [6.45, 7) is 0. The van der Waals surface area contributed by atoms with E-state index in [2.05, 4.69) is 0 Å². The molecule has 94 valence electrons. The van der Waals surface area contributed by atoms with Crippen molar-refractivity contribution >= 4 is 52.3 Å². The monoisotopic (exact) mass is 321 g/mol. The van der Waals surface area contributed by atoms with Gasteiger partial charge in [-0.2, -0.15) is 0 Å². The molecule has 2 rings (SSSR count). The molecule has 0 spiro atoms. The molecule has 2 aromatic carbocycles. The van der Waals surface area contributed by atoms with Crippen molar-refractivity contribution in [3.05, 3.63) is 51.2 Å². The Morgan fingerprint density at radius 3 is 2.33 bits per heavy atom. The Labute approximate surface area is 123 Å². The fourth-order valence-corrected chi connectivity index (χ4v) is 2.74. The maximum absolute atomic E-state index is 13.4. The van der Waals surface area contributed by atoms with Crippen LogP contribution in [-0.4, -0.2) is 0 Å². The molecule has 0 saturated carbocycles. The lowest BCUT2D eigenvalue weighted by molar-refractivity contribution is 0.625. The highest BCUT2D eigenvalue weighted by Crippen LogP contribution is 2.37. The summed E-state index contributed by atoms with van der Waals surface area (Å²) in [5, 5.41) is 0.914. The van der Waals surface area contributed by atoms with E-state index in [-0.39, 0.29) is 5.02 Å². The number of hydrogen-bond acceptors (Lipinski definition) is 2. The molecule has 0 fully saturated rings. The average molecular weight is 323 g/mol. The van der Waals surface area contributed by atoms with Crippen molar-refractivity contribution in [1.82, 2.24) is 0 Å². The van der Waals surface area contributed by atoms with Crippen molar-refractivity contribution in [2.75, 3.05) is 5.73 Å². The predicted octanol–water partition coefficient (Wildman–Crippen LogP) is 5.52. The zero-order chi connectivity index (χ0) is 13.3. The summed E-state index contributed by atoms with van der Waals surface area (Å²) in [5.41, 5.74) is 6.19. The highest BCUT2D eigenvalue weighted by atomic mass is 35.5. The third-order valence-corrected chi connectivity index (χ3v) is 4.26. The zero-order valence-corrected chi connectivity index (χ0v) is 12.0. The van der Waals surface area contributed by atoms with E-state index in [1.807, 2.05) is 0 Å². The van der Waals surface area contributed by atoms with Gasteiger partial charge < -0.3 is 5.73 Å². The molecule has 6 heteroatoms. The number of anilines is 1. The van der Waals surface area contributed by atoms with Crippen molar-refractivity contribution in [1.29, 1.82) is 0 Å². The number of nitrogen functional groups attached to an aromatic ring is 1. The predicted molar refractivity (Wildman–Crippen MR) is 76.4 cm³/mol. The van der Waals surface area contributed by atoms with Crippen molar-refractivity contribution < 1.29 is 4.39 Å². The third kappa shape index (κ3) is 3.04. The molecule has 0 radical (unpaired) electrons. The van der Waals surface area contributed by atoms with E-state index in [1.54, 1.807) is 18.2 Å². The lowest BCUT2D eigenvalue weighted by atomic mass is 10.3. The molecule has 0 amide bonds. The van der Waals surface area contributed by atoms with Crippen LogP contribution in [0.25, 0.3) is 0 Å². The second-order valence-electron chi connectivity index (χ2n) is 3.48. The molecule has 0 aliphatic heterocycles. The number of nitrogens with two attached hydrogens (primary N) is 1. The topological polar surface area (TPSA) is 26.0 Å². The second kappa shape index (κ2) is 5.57. The number of halogens is 4. The van der Waals surface area contributed by atoms with E-state index in [9.17, 15) is 4.39 Å². The van der Waals surface area contributed by atoms with Gasteiger partial charge in [0.05, 0.1) is 15.1 Å². The van der Waals surface area contributed by atoms with E-state index >= 15 is 0 Å². The molecule has 1 nitrogen and oxygen atoms in total. The number of rotatable bonds is 2. The minimum Gasteiger partial charge on any atom is -0.398 e. The molecule has 0 saturated heterocycles. The number of hydrogen-bond donors (Lipinski definition) is 1. The second-order valence-corrected chi connectivity index (χ2v) is 5.82. The summed E-state index contributed by atoms with van der Waals surface area (Å²) in [6.07, 6.45) is 0. The summed E-state index contributed by atoms with van der Waals surface area (Å²) in [5.74, 6) is -0.506. The molecule has 2 aromatic rings. The first kappa shape index (κ1) is 13.8. The molecule has 0 atom stereocenters. The van der Waals surface area contributed by atoms with Gasteiger partial charge in [-0.15, -0.1) is 0 Å². The van der Waals surface area contributed by atoms with Gasteiger partial charge in [-0.05, 0) is 30.3 Å². The average Bonchev–Trinajstić information content (AvgIpc) is 2.31. The maximum Gasteiger partial charge on any atom is 0.143 e. The van der Waals surface area contributed by atoms with Gasteiger partial charge in [0.1, 0.15) is 5.82 Å². The highest BCUT2D eigenvalue weighted by molar-refractivity contribution is 7.99. The van der Waals surface area contributed by atoms with Crippen LogP contribution in [0, 0.1) is 5.82 Å². The SMILES string of the molecule is Nc1cc(Cl)c(F)cc1Sc1ccc(Cl)c(Cl)c1. The van der Waals surface area contributed by atoms with E-state index in [4.69, 9.17) is 40.5 Å². The first-order valence-corrected chi connectivity index (χ1v) is 6.80. The van der Waals surface area contributed by atoms with Gasteiger partial charge in [-0.1, -0.05) is 46.6 Å². The van der Waals surface area contributed by atoms with Crippen LogP contribution < -0.4 is 5.73 Å². The largest absolute Gasteiger partial charge is 0.398 e. The lowest BCUT2D eigenvalue weighted by Gasteiger charge is -2.07. The van der Waals surface area contributed by atoms with Crippen LogP contribution in [0.4, 0.5) is 10.1 Å². The smallest absolute Gasteiger partial charge is 0.143 e. The summed E-state index contributed by atoms with van der Waals surface area (Å²) >= 11 is 18.6. The quantitative estimate of drug-likeness (QED) is 0.737. The zero-order valence-electron chi connectivity index (χ0n) is 8.88. The first-order chi connectivity index (χ1) is 8.47. The van der Waals surface area contributed by atoms with Crippen LogP contribution in [-0.2, 0) is 0 Å². The highest BCUT2D eigenvalue weighted by Gasteiger charge is 2.09. The molecule has 0 heterocycles. The van der Waals surface area contributed by atoms with Crippen LogP contribution in [0.2, 0.25) is 15.1 Å². The molecule has 0 bridgehead atoms. The Hall–Kier alpha value is -0.610. The van der Waals surface area contributed by atoms with Crippen LogP contribution >= 0.6 is 46.6 Å². The maximum atomic E-state index is 13.4. The first-order valence-electron chi connectivity index (χ1n) is 4.85. The van der Waals surface area contributed by atoms with Crippen molar-refractivity contribution in [2.45, 2.75) is 9.79 Å². The fourth-order valence-electron chi connectivity index (χ4n) is 1.30. The van der Waals surface area contributed by atoms with E-state index in [0.29, 0.717) is 20.6 Å². The van der Waals surface area contributed by atoms with Crippen LogP contribution in [0.5, 0.6) is 0 Å². The molecule has 18 heavy (non-hydrogen) atoms. The molecule has 2 N–H and O–H groups in total. The Balaban J connectivity index is 2.34. The van der Waals surface area contributed by atoms with Gasteiger partial charge in [0.25, 0.3) is 0 Å². The van der Waals surface area contributed by atoms with Crippen LogP contribution in [0.3, 0.4) is 0 Å². The Kier molecular flexibility index (Phi) is 4.28. The standard InChI is InChI=1S/C12H7Cl3FNS/c13-7-2-1-6(3-8(7)14)18-12-5-10(16)9(15)4-11(12)17/h1-5H,17H2. The molecule has 0 unspecified atom stereocenters. The Morgan fingerprint density at radius 1 is 0.944 bits per heavy atom. The summed E-state index contributed by atoms with van der Waals surface area (Å²) in [4.78, 5) is 1.40. The van der Waals surface area contributed by atoms with Crippen LogP contribution in [0.15, 0.2) is 40.1 Å². The minimum absolute atomic E-state index is 0.00554. The van der Waals surface area contributed by atoms with Gasteiger partial charge in [0.15, 0.2) is 0 Å². The fraction of sp³-hybridized carbons (Fsp3) is 0. The van der Waals surface area contributed by atoms with Gasteiger partial charge >= 0.3 is 0 Å².